The molecule has 3 heteroatoms. The van der Waals surface area contributed by atoms with Crippen molar-refractivity contribution in [2.24, 2.45) is 0 Å². The summed E-state index contributed by atoms with van der Waals surface area (Å²) in [5.74, 6) is 0.0275. The molecule has 0 aliphatic carbocycles. The second-order valence-electron chi connectivity index (χ2n) is 6.53. The minimum absolute atomic E-state index is 0.0275. The fourth-order valence-electron chi connectivity index (χ4n) is 2.61. The molecule has 0 N–H and O–H groups in total. The average molecular weight is 315 g/mol. The average Bonchev–Trinajstić information content (AvgIpc) is 2.43. The van der Waals surface area contributed by atoms with E-state index < -0.39 is 9.04 Å². The Kier molecular flexibility index (Phi) is 15.8. The van der Waals surface area contributed by atoms with Crippen molar-refractivity contribution in [2.45, 2.75) is 110 Å². The number of hydrogen-bond donors (Lipinski definition) is 0. The molecule has 0 spiro atoms. The summed E-state index contributed by atoms with van der Waals surface area (Å²) in [5, 5.41) is 0. The van der Waals surface area contributed by atoms with Gasteiger partial charge in [-0.25, -0.2) is 0 Å². The van der Waals surface area contributed by atoms with Gasteiger partial charge in [-0.3, -0.25) is 4.79 Å². The lowest BCUT2D eigenvalue weighted by Crippen LogP contribution is -2.14. The van der Waals surface area contributed by atoms with E-state index in [4.69, 9.17) is 4.43 Å². The van der Waals surface area contributed by atoms with Gasteiger partial charge < -0.3 is 4.43 Å². The lowest BCUT2D eigenvalue weighted by Gasteiger charge is -2.07. The molecule has 0 heterocycles. The Labute approximate surface area is 134 Å². The van der Waals surface area contributed by atoms with Gasteiger partial charge in [0.1, 0.15) is 0 Å². The molecular weight excluding hydrogens is 276 g/mol. The normalized spacial score (nSPS) is 11.0. The summed E-state index contributed by atoms with van der Waals surface area (Å²) in [5.41, 5.74) is 0. The van der Waals surface area contributed by atoms with Gasteiger partial charge in [-0.05, 0) is 19.5 Å². The third-order valence-electron chi connectivity index (χ3n) is 3.85. The van der Waals surface area contributed by atoms with E-state index >= 15 is 0 Å². The molecule has 0 bridgehead atoms. The van der Waals surface area contributed by atoms with Gasteiger partial charge in [0.05, 0.1) is 0 Å². The van der Waals surface area contributed by atoms with Gasteiger partial charge in [0.2, 0.25) is 9.04 Å². The standard InChI is InChI=1S/C18H38O2Si/c1-4-5-6-7-8-9-10-11-12-13-14-15-16-17-18(19)20-21(2)3/h21H,4-17H2,1-3H3. The van der Waals surface area contributed by atoms with Crippen LogP contribution in [0.3, 0.4) is 0 Å². The molecule has 0 aromatic rings. The first-order valence-corrected chi connectivity index (χ1v) is 12.1. The molecule has 0 amide bonds. The largest absolute Gasteiger partial charge is 0.523 e. The van der Waals surface area contributed by atoms with Crippen LogP contribution in [0, 0.1) is 0 Å². The molecule has 0 radical (unpaired) electrons. The maximum absolute atomic E-state index is 11.4. The lowest BCUT2D eigenvalue weighted by atomic mass is 10.0. The van der Waals surface area contributed by atoms with Crippen LogP contribution in [0.2, 0.25) is 13.1 Å². The van der Waals surface area contributed by atoms with E-state index in [2.05, 4.69) is 6.92 Å². The smallest absolute Gasteiger partial charge is 0.292 e. The Balaban J connectivity index is 3.07. The highest BCUT2D eigenvalue weighted by Gasteiger charge is 2.05. The van der Waals surface area contributed by atoms with Gasteiger partial charge in [0, 0.05) is 6.42 Å². The zero-order valence-corrected chi connectivity index (χ0v) is 15.9. The van der Waals surface area contributed by atoms with Crippen LogP contribution < -0.4 is 0 Å². The van der Waals surface area contributed by atoms with Crippen molar-refractivity contribution in [3.63, 3.8) is 0 Å². The molecule has 0 atom stereocenters. The maximum atomic E-state index is 11.4. The molecule has 126 valence electrons. The summed E-state index contributed by atoms with van der Waals surface area (Å²) in [6, 6.07) is 0. The van der Waals surface area contributed by atoms with Crippen LogP contribution in [-0.2, 0) is 9.22 Å². The van der Waals surface area contributed by atoms with Crippen molar-refractivity contribution in [1.29, 1.82) is 0 Å². The fourth-order valence-corrected chi connectivity index (χ4v) is 3.25. The van der Waals surface area contributed by atoms with Crippen LogP contribution in [0.4, 0.5) is 0 Å². The number of carbonyl (C=O) groups excluding carboxylic acids is 1. The Morgan fingerprint density at radius 2 is 1.10 bits per heavy atom. The topological polar surface area (TPSA) is 26.3 Å². The lowest BCUT2D eigenvalue weighted by molar-refractivity contribution is -0.134. The van der Waals surface area contributed by atoms with E-state index in [0.717, 1.165) is 6.42 Å². The van der Waals surface area contributed by atoms with E-state index in [9.17, 15) is 4.79 Å². The molecule has 0 saturated carbocycles. The van der Waals surface area contributed by atoms with Gasteiger partial charge in [-0.15, -0.1) is 0 Å². The van der Waals surface area contributed by atoms with Crippen molar-refractivity contribution in [3.05, 3.63) is 0 Å². The zero-order chi connectivity index (χ0) is 15.8. The fraction of sp³-hybridized carbons (Fsp3) is 0.944. The molecule has 0 aliphatic heterocycles. The summed E-state index contributed by atoms with van der Waals surface area (Å²) >= 11 is 0. The highest BCUT2D eigenvalue weighted by molar-refractivity contribution is 6.50. The first-order valence-electron chi connectivity index (χ1n) is 9.36. The van der Waals surface area contributed by atoms with E-state index in [0.29, 0.717) is 6.42 Å². The molecular formula is C18H38O2Si. The number of hydrogen-bond acceptors (Lipinski definition) is 2. The highest BCUT2D eigenvalue weighted by atomic mass is 28.3. The van der Waals surface area contributed by atoms with E-state index in [-0.39, 0.29) is 5.97 Å². The van der Waals surface area contributed by atoms with Crippen LogP contribution in [0.15, 0.2) is 0 Å². The summed E-state index contributed by atoms with van der Waals surface area (Å²) in [6.45, 7) is 6.36. The van der Waals surface area contributed by atoms with Crippen LogP contribution >= 0.6 is 0 Å². The molecule has 0 unspecified atom stereocenters. The summed E-state index contributed by atoms with van der Waals surface area (Å²) < 4.78 is 5.26. The highest BCUT2D eigenvalue weighted by Crippen LogP contribution is 2.13. The molecule has 0 aliphatic rings. The number of rotatable bonds is 15. The van der Waals surface area contributed by atoms with Crippen molar-refractivity contribution >= 4 is 15.0 Å². The van der Waals surface area contributed by atoms with Gasteiger partial charge in [0.25, 0.3) is 5.97 Å². The quantitative estimate of drug-likeness (QED) is 0.274. The van der Waals surface area contributed by atoms with Crippen LogP contribution in [0.25, 0.3) is 0 Å². The summed E-state index contributed by atoms with van der Waals surface area (Å²) in [6.07, 6.45) is 18.1. The molecule has 0 aromatic heterocycles. The second-order valence-corrected chi connectivity index (χ2v) is 8.86. The van der Waals surface area contributed by atoms with Gasteiger partial charge >= 0.3 is 0 Å². The van der Waals surface area contributed by atoms with Crippen LogP contribution in [-0.4, -0.2) is 15.0 Å². The minimum atomic E-state index is -1.17. The third kappa shape index (κ3) is 17.6. The Hall–Kier alpha value is -0.313. The van der Waals surface area contributed by atoms with Gasteiger partial charge in [-0.1, -0.05) is 84.0 Å². The van der Waals surface area contributed by atoms with E-state index in [1.807, 2.05) is 13.1 Å². The Morgan fingerprint density at radius 1 is 0.714 bits per heavy atom. The molecule has 0 rings (SSSR count). The van der Waals surface area contributed by atoms with Crippen molar-refractivity contribution in [1.82, 2.24) is 0 Å². The van der Waals surface area contributed by atoms with Crippen LogP contribution in [0.1, 0.15) is 96.8 Å². The summed E-state index contributed by atoms with van der Waals surface area (Å²) in [7, 11) is -1.17. The number of carbonyl (C=O) groups is 1. The van der Waals surface area contributed by atoms with Gasteiger partial charge in [-0.2, -0.15) is 0 Å². The SMILES string of the molecule is CCCCCCCCCCCCCCCC(=O)O[SiH](C)C. The minimum Gasteiger partial charge on any atom is -0.523 e. The molecule has 21 heavy (non-hydrogen) atoms. The first kappa shape index (κ1) is 20.7. The molecule has 0 fully saturated rings. The monoisotopic (exact) mass is 314 g/mol. The van der Waals surface area contributed by atoms with Crippen molar-refractivity contribution in [2.75, 3.05) is 0 Å². The first-order chi connectivity index (χ1) is 10.2. The zero-order valence-electron chi connectivity index (χ0n) is 14.8. The van der Waals surface area contributed by atoms with E-state index in [1.54, 1.807) is 0 Å². The molecule has 0 saturated heterocycles. The predicted octanol–water partition coefficient (Wildman–Crippen LogP) is 5.99. The summed E-state index contributed by atoms with van der Waals surface area (Å²) in [4.78, 5) is 11.4. The molecule has 0 aromatic carbocycles. The second kappa shape index (κ2) is 16.1. The molecule has 2 nitrogen and oxygen atoms in total. The third-order valence-corrected chi connectivity index (χ3v) is 4.59. The van der Waals surface area contributed by atoms with Crippen molar-refractivity contribution in [3.8, 4) is 0 Å². The number of unbranched alkanes of at least 4 members (excludes halogenated alkanes) is 12. The Bertz CT molecular complexity index is 229. The van der Waals surface area contributed by atoms with Gasteiger partial charge in [0.15, 0.2) is 0 Å². The van der Waals surface area contributed by atoms with Crippen molar-refractivity contribution < 1.29 is 9.22 Å². The van der Waals surface area contributed by atoms with Crippen LogP contribution in [0.5, 0.6) is 0 Å². The maximum Gasteiger partial charge on any atom is 0.292 e. The Morgan fingerprint density at radius 3 is 1.48 bits per heavy atom. The predicted molar refractivity (Wildman–Crippen MR) is 95.3 cm³/mol. The van der Waals surface area contributed by atoms with E-state index in [1.165, 1.54) is 77.0 Å².